The SMILES string of the molecule is C[C@@H](NC1CC[C@H](c2ccc(C(=O)NC3CCNCC3)cc2)C1)c1cccc2c1OCCO2. The quantitative estimate of drug-likeness (QED) is 0.623. The van der Waals surface area contributed by atoms with Gasteiger partial charge in [0.2, 0.25) is 0 Å². The predicted octanol–water partition coefficient (Wildman–Crippen LogP) is 3.93. The van der Waals surface area contributed by atoms with Crippen LogP contribution in [0.15, 0.2) is 42.5 Å². The Morgan fingerprint density at radius 3 is 2.58 bits per heavy atom. The summed E-state index contributed by atoms with van der Waals surface area (Å²) in [6.45, 7) is 5.38. The van der Waals surface area contributed by atoms with Crippen LogP contribution in [-0.2, 0) is 0 Å². The molecule has 2 heterocycles. The highest BCUT2D eigenvalue weighted by molar-refractivity contribution is 5.94. The number of amides is 1. The van der Waals surface area contributed by atoms with Gasteiger partial charge in [0.15, 0.2) is 11.5 Å². The molecule has 1 aliphatic carbocycles. The molecule has 2 fully saturated rings. The van der Waals surface area contributed by atoms with E-state index in [0.29, 0.717) is 25.2 Å². The van der Waals surface area contributed by atoms with Gasteiger partial charge in [-0.1, -0.05) is 24.3 Å². The second-order valence-electron chi connectivity index (χ2n) is 9.59. The van der Waals surface area contributed by atoms with Gasteiger partial charge >= 0.3 is 0 Å². The van der Waals surface area contributed by atoms with Crippen LogP contribution in [0.1, 0.15) is 72.5 Å². The summed E-state index contributed by atoms with van der Waals surface area (Å²) in [6, 6.07) is 15.4. The zero-order chi connectivity index (χ0) is 22.6. The van der Waals surface area contributed by atoms with Crippen LogP contribution in [0.4, 0.5) is 0 Å². The lowest BCUT2D eigenvalue weighted by Gasteiger charge is -2.26. The number of hydrogen-bond acceptors (Lipinski definition) is 5. The van der Waals surface area contributed by atoms with Crippen molar-refractivity contribution in [1.29, 1.82) is 0 Å². The van der Waals surface area contributed by atoms with Crippen molar-refractivity contribution >= 4 is 5.91 Å². The largest absolute Gasteiger partial charge is 0.486 e. The standard InChI is InChI=1S/C27H35N3O3/c1-18(24-3-2-4-25-26(24)33-16-15-32-25)29-23-10-9-21(17-23)19-5-7-20(8-6-19)27(31)30-22-11-13-28-14-12-22/h2-8,18,21-23,28-29H,9-17H2,1H3,(H,30,31)/t18-,21+,23?/m1/s1. The molecule has 6 heteroatoms. The Labute approximate surface area is 196 Å². The van der Waals surface area contributed by atoms with Crippen molar-refractivity contribution < 1.29 is 14.3 Å². The molecule has 33 heavy (non-hydrogen) atoms. The van der Waals surface area contributed by atoms with Gasteiger partial charge in [0.25, 0.3) is 5.91 Å². The van der Waals surface area contributed by atoms with Crippen molar-refractivity contribution in [2.45, 2.75) is 63.1 Å². The first-order valence-electron chi connectivity index (χ1n) is 12.4. The van der Waals surface area contributed by atoms with Gasteiger partial charge in [0.05, 0.1) is 0 Å². The predicted molar refractivity (Wildman–Crippen MR) is 129 cm³/mol. The minimum atomic E-state index is 0.0469. The van der Waals surface area contributed by atoms with Crippen molar-refractivity contribution in [3.05, 3.63) is 59.2 Å². The lowest BCUT2D eigenvalue weighted by molar-refractivity contribution is 0.0929. The third-order valence-electron chi connectivity index (χ3n) is 7.30. The van der Waals surface area contributed by atoms with Crippen LogP contribution in [0, 0.1) is 0 Å². The Morgan fingerprint density at radius 2 is 1.76 bits per heavy atom. The van der Waals surface area contributed by atoms with Gasteiger partial charge in [0.1, 0.15) is 13.2 Å². The summed E-state index contributed by atoms with van der Waals surface area (Å²) in [5, 5.41) is 10.3. The Balaban J connectivity index is 1.16. The monoisotopic (exact) mass is 449 g/mol. The minimum absolute atomic E-state index is 0.0469. The number of benzene rings is 2. The molecular weight excluding hydrogens is 414 g/mol. The maximum atomic E-state index is 12.6. The molecule has 1 saturated heterocycles. The van der Waals surface area contributed by atoms with Gasteiger partial charge in [-0.05, 0) is 81.8 Å². The van der Waals surface area contributed by atoms with Gasteiger partial charge in [-0.3, -0.25) is 4.79 Å². The second-order valence-corrected chi connectivity index (χ2v) is 9.59. The topological polar surface area (TPSA) is 71.6 Å². The molecular formula is C27H35N3O3. The molecule has 0 radical (unpaired) electrons. The van der Waals surface area contributed by atoms with Crippen molar-refractivity contribution in [2.24, 2.45) is 0 Å². The van der Waals surface area contributed by atoms with E-state index in [4.69, 9.17) is 9.47 Å². The molecule has 5 rings (SSSR count). The molecule has 1 unspecified atom stereocenters. The molecule has 0 spiro atoms. The summed E-state index contributed by atoms with van der Waals surface area (Å²) < 4.78 is 11.7. The molecule has 3 aliphatic rings. The average molecular weight is 450 g/mol. The fourth-order valence-corrected chi connectivity index (χ4v) is 5.46. The second kappa shape index (κ2) is 10.1. The van der Waals surface area contributed by atoms with E-state index in [9.17, 15) is 4.79 Å². The molecule has 176 valence electrons. The summed E-state index contributed by atoms with van der Waals surface area (Å²) in [5.41, 5.74) is 3.26. The fraction of sp³-hybridized carbons (Fsp3) is 0.519. The minimum Gasteiger partial charge on any atom is -0.486 e. The highest BCUT2D eigenvalue weighted by atomic mass is 16.6. The molecule has 1 amide bonds. The first kappa shape index (κ1) is 22.2. The number of para-hydroxylation sites is 1. The lowest BCUT2D eigenvalue weighted by atomic mass is 9.96. The maximum Gasteiger partial charge on any atom is 0.251 e. The van der Waals surface area contributed by atoms with E-state index < -0.39 is 0 Å². The number of fused-ring (bicyclic) bond motifs is 1. The van der Waals surface area contributed by atoms with E-state index in [2.05, 4.69) is 41.1 Å². The first-order valence-corrected chi connectivity index (χ1v) is 12.4. The number of ether oxygens (including phenoxy) is 2. The summed E-state index contributed by atoms with van der Waals surface area (Å²) in [5.74, 6) is 2.31. The molecule has 2 aromatic rings. The van der Waals surface area contributed by atoms with Crippen LogP contribution in [-0.4, -0.2) is 44.3 Å². The zero-order valence-corrected chi connectivity index (χ0v) is 19.4. The Bertz CT molecular complexity index is 956. The number of piperidine rings is 1. The van der Waals surface area contributed by atoms with Gasteiger partial charge < -0.3 is 25.4 Å². The Kier molecular flexibility index (Phi) is 6.83. The van der Waals surface area contributed by atoms with Gasteiger partial charge in [-0.25, -0.2) is 0 Å². The van der Waals surface area contributed by atoms with Crippen LogP contribution in [0.2, 0.25) is 0 Å². The summed E-state index contributed by atoms with van der Waals surface area (Å²) in [6.07, 6.45) is 5.43. The summed E-state index contributed by atoms with van der Waals surface area (Å²) in [4.78, 5) is 12.6. The van der Waals surface area contributed by atoms with Crippen molar-refractivity contribution in [3.63, 3.8) is 0 Å². The van der Waals surface area contributed by atoms with E-state index in [0.717, 1.165) is 62.3 Å². The van der Waals surface area contributed by atoms with E-state index in [-0.39, 0.29) is 18.0 Å². The number of nitrogens with one attached hydrogen (secondary N) is 3. The Morgan fingerprint density at radius 1 is 0.970 bits per heavy atom. The molecule has 3 atom stereocenters. The van der Waals surface area contributed by atoms with Crippen LogP contribution in [0.3, 0.4) is 0 Å². The third kappa shape index (κ3) is 5.17. The first-order chi connectivity index (χ1) is 16.2. The molecule has 3 N–H and O–H groups in total. The fourth-order valence-electron chi connectivity index (χ4n) is 5.46. The number of rotatable bonds is 6. The van der Waals surface area contributed by atoms with Crippen LogP contribution < -0.4 is 25.4 Å². The molecule has 1 saturated carbocycles. The van der Waals surface area contributed by atoms with Crippen molar-refractivity contribution in [3.8, 4) is 11.5 Å². The molecule has 2 aliphatic heterocycles. The van der Waals surface area contributed by atoms with E-state index in [1.165, 1.54) is 11.1 Å². The highest BCUT2D eigenvalue weighted by Crippen LogP contribution is 2.39. The molecule has 6 nitrogen and oxygen atoms in total. The normalized spacial score (nSPS) is 23.8. The highest BCUT2D eigenvalue weighted by Gasteiger charge is 2.28. The van der Waals surface area contributed by atoms with Gasteiger partial charge in [0, 0.05) is 29.3 Å². The van der Waals surface area contributed by atoms with E-state index in [1.807, 2.05) is 24.3 Å². The number of hydrogen-bond donors (Lipinski definition) is 3. The van der Waals surface area contributed by atoms with Crippen LogP contribution in [0.5, 0.6) is 11.5 Å². The summed E-state index contributed by atoms with van der Waals surface area (Å²) >= 11 is 0. The van der Waals surface area contributed by atoms with E-state index in [1.54, 1.807) is 0 Å². The van der Waals surface area contributed by atoms with Gasteiger partial charge in [-0.15, -0.1) is 0 Å². The van der Waals surface area contributed by atoms with Crippen molar-refractivity contribution in [2.75, 3.05) is 26.3 Å². The maximum absolute atomic E-state index is 12.6. The summed E-state index contributed by atoms with van der Waals surface area (Å²) in [7, 11) is 0. The van der Waals surface area contributed by atoms with Crippen LogP contribution >= 0.6 is 0 Å². The van der Waals surface area contributed by atoms with Crippen molar-refractivity contribution in [1.82, 2.24) is 16.0 Å². The van der Waals surface area contributed by atoms with Gasteiger partial charge in [-0.2, -0.15) is 0 Å². The molecule has 2 aromatic carbocycles. The Hall–Kier alpha value is -2.57. The van der Waals surface area contributed by atoms with Crippen LogP contribution in [0.25, 0.3) is 0 Å². The molecule has 0 bridgehead atoms. The molecule has 0 aromatic heterocycles. The van der Waals surface area contributed by atoms with E-state index >= 15 is 0 Å². The third-order valence-corrected chi connectivity index (χ3v) is 7.30. The zero-order valence-electron chi connectivity index (χ0n) is 19.4. The number of carbonyl (C=O) groups is 1. The lowest BCUT2D eigenvalue weighted by Crippen LogP contribution is -2.42. The average Bonchev–Trinajstić information content (AvgIpc) is 3.33. The smallest absolute Gasteiger partial charge is 0.251 e. The number of carbonyl (C=O) groups excluding carboxylic acids is 1.